The van der Waals surface area contributed by atoms with Gasteiger partial charge in [0, 0.05) is 33.3 Å². The molecule has 0 heterocycles. The monoisotopic (exact) mass is 583 g/mol. The van der Waals surface area contributed by atoms with Gasteiger partial charge in [-0.25, -0.2) is 8.42 Å². The van der Waals surface area contributed by atoms with Gasteiger partial charge >= 0.3 is 5.97 Å². The molecule has 3 aromatic rings. The van der Waals surface area contributed by atoms with Gasteiger partial charge < -0.3 is 14.8 Å². The van der Waals surface area contributed by atoms with Crippen LogP contribution in [0.1, 0.15) is 22.9 Å². The molecule has 0 saturated heterocycles. The third kappa shape index (κ3) is 7.90. The summed E-state index contributed by atoms with van der Waals surface area (Å²) in [5.74, 6) is -1.24. The lowest BCUT2D eigenvalue weighted by atomic mass is 10.0. The number of rotatable bonds is 11. The standard InChI is InChI=1S/C26H28Cl2NO6PS/c1-36(33,19-8-4-3-5-9-19)12-11-18-14-21(27)24(22(28)15-18)25(30)29-23(26(31)32)16-17-7-6-10-20(13-17)37(2,34)35/h3-10,13-15,23,25,29-30H,11-12,16H2,1-2H3,(H,31,32)/t23-,25?,36?/m0/s1. The molecule has 3 atom stereocenters. The zero-order chi connectivity index (χ0) is 27.4. The second-order valence-electron chi connectivity index (χ2n) is 8.97. The van der Waals surface area contributed by atoms with E-state index in [1.165, 1.54) is 18.2 Å². The van der Waals surface area contributed by atoms with Crippen LogP contribution in [0.3, 0.4) is 0 Å². The van der Waals surface area contributed by atoms with Crippen LogP contribution in [0.4, 0.5) is 0 Å². The minimum absolute atomic E-state index is 0.0697. The highest BCUT2D eigenvalue weighted by molar-refractivity contribution is 7.90. The highest BCUT2D eigenvalue weighted by Gasteiger charge is 2.26. The second-order valence-corrected chi connectivity index (χ2v) is 15.0. The maximum atomic E-state index is 13.1. The Bertz CT molecular complexity index is 1410. The van der Waals surface area contributed by atoms with E-state index in [1.807, 2.05) is 30.3 Å². The fourth-order valence-electron chi connectivity index (χ4n) is 3.89. The molecule has 3 rings (SSSR count). The van der Waals surface area contributed by atoms with E-state index in [0.717, 1.165) is 17.1 Å². The van der Waals surface area contributed by atoms with Crippen molar-refractivity contribution in [1.29, 1.82) is 0 Å². The Balaban J connectivity index is 1.75. The molecule has 2 unspecified atom stereocenters. The van der Waals surface area contributed by atoms with Gasteiger partial charge in [0.2, 0.25) is 0 Å². The van der Waals surface area contributed by atoms with Crippen molar-refractivity contribution in [2.24, 2.45) is 0 Å². The lowest BCUT2D eigenvalue weighted by Crippen LogP contribution is -2.41. The minimum atomic E-state index is -3.46. The summed E-state index contributed by atoms with van der Waals surface area (Å²) in [5.41, 5.74) is 1.31. The number of aliphatic hydroxyl groups excluding tert-OH is 1. The van der Waals surface area contributed by atoms with Crippen LogP contribution in [-0.4, -0.2) is 49.7 Å². The molecule has 0 aromatic heterocycles. The van der Waals surface area contributed by atoms with E-state index in [-0.39, 0.29) is 26.9 Å². The summed E-state index contributed by atoms with van der Waals surface area (Å²) in [4.78, 5) is 12.0. The van der Waals surface area contributed by atoms with Gasteiger partial charge in [0.25, 0.3) is 0 Å². The van der Waals surface area contributed by atoms with E-state index in [2.05, 4.69) is 5.32 Å². The number of hydrogen-bond acceptors (Lipinski definition) is 6. The van der Waals surface area contributed by atoms with Gasteiger partial charge in [0.1, 0.15) is 19.4 Å². The Hall–Kier alpha value is -2.19. The average molecular weight is 584 g/mol. The molecule has 198 valence electrons. The molecule has 0 spiro atoms. The van der Waals surface area contributed by atoms with Crippen molar-refractivity contribution in [1.82, 2.24) is 5.32 Å². The van der Waals surface area contributed by atoms with E-state index in [9.17, 15) is 28.0 Å². The Kier molecular flexibility index (Phi) is 9.62. The zero-order valence-electron chi connectivity index (χ0n) is 20.3. The number of carboxylic acid groups (broad SMARTS) is 1. The van der Waals surface area contributed by atoms with E-state index in [1.54, 1.807) is 24.9 Å². The minimum Gasteiger partial charge on any atom is -0.480 e. The first kappa shape index (κ1) is 29.4. The van der Waals surface area contributed by atoms with Crippen molar-refractivity contribution in [3.63, 3.8) is 0 Å². The summed E-state index contributed by atoms with van der Waals surface area (Å²) in [6, 6.07) is 17.2. The maximum Gasteiger partial charge on any atom is 0.321 e. The van der Waals surface area contributed by atoms with Crippen LogP contribution in [0.15, 0.2) is 71.6 Å². The number of benzene rings is 3. The molecular weight excluding hydrogens is 556 g/mol. The number of nitrogens with one attached hydrogen (secondary N) is 1. The highest BCUT2D eigenvalue weighted by atomic mass is 35.5. The molecule has 0 aliphatic carbocycles. The predicted molar refractivity (Wildman–Crippen MR) is 147 cm³/mol. The first-order chi connectivity index (χ1) is 17.3. The van der Waals surface area contributed by atoms with Crippen LogP contribution in [0, 0.1) is 0 Å². The van der Waals surface area contributed by atoms with E-state index < -0.39 is 35.2 Å². The third-order valence-corrected chi connectivity index (χ3v) is 10.2. The molecule has 37 heavy (non-hydrogen) atoms. The Morgan fingerprint density at radius 2 is 1.62 bits per heavy atom. The highest BCUT2D eigenvalue weighted by Crippen LogP contribution is 2.41. The van der Waals surface area contributed by atoms with Gasteiger partial charge in [-0.05, 0) is 54.9 Å². The Morgan fingerprint density at radius 1 is 1.00 bits per heavy atom. The first-order valence-corrected chi connectivity index (χ1v) is 16.3. The van der Waals surface area contributed by atoms with Gasteiger partial charge in [0.15, 0.2) is 9.84 Å². The first-order valence-electron chi connectivity index (χ1n) is 11.3. The number of aliphatic hydroxyl groups is 1. The molecule has 0 amide bonds. The van der Waals surface area contributed by atoms with Crippen LogP contribution in [0.2, 0.25) is 10.0 Å². The van der Waals surface area contributed by atoms with Crippen LogP contribution in [-0.2, 0) is 32.0 Å². The Morgan fingerprint density at radius 3 is 2.19 bits per heavy atom. The summed E-state index contributed by atoms with van der Waals surface area (Å²) < 4.78 is 36.8. The fourth-order valence-corrected chi connectivity index (χ4v) is 7.06. The van der Waals surface area contributed by atoms with Crippen molar-refractivity contribution in [3.05, 3.63) is 93.5 Å². The normalized spacial score (nSPS) is 15.1. The summed E-state index contributed by atoms with van der Waals surface area (Å²) in [6.07, 6.45) is 0.318. The number of hydrogen-bond donors (Lipinski definition) is 3. The molecule has 3 N–H and O–H groups in total. The molecule has 0 radical (unpaired) electrons. The van der Waals surface area contributed by atoms with Crippen LogP contribution < -0.4 is 10.6 Å². The second kappa shape index (κ2) is 12.1. The number of carboxylic acids is 1. The molecule has 0 saturated carbocycles. The summed E-state index contributed by atoms with van der Waals surface area (Å²) >= 11 is 12.8. The van der Waals surface area contributed by atoms with Crippen molar-refractivity contribution in [2.75, 3.05) is 19.1 Å². The topological polar surface area (TPSA) is 121 Å². The summed E-state index contributed by atoms with van der Waals surface area (Å²) in [5, 5.41) is 24.1. The maximum absolute atomic E-state index is 13.1. The number of halogens is 2. The number of aryl methyl sites for hydroxylation is 1. The van der Waals surface area contributed by atoms with Crippen LogP contribution >= 0.6 is 30.3 Å². The molecule has 0 aliphatic rings. The largest absolute Gasteiger partial charge is 0.480 e. The molecule has 0 bridgehead atoms. The lowest BCUT2D eigenvalue weighted by molar-refractivity contribution is -0.140. The van der Waals surface area contributed by atoms with Crippen molar-refractivity contribution >= 4 is 51.5 Å². The van der Waals surface area contributed by atoms with Gasteiger partial charge in [-0.15, -0.1) is 0 Å². The van der Waals surface area contributed by atoms with E-state index in [4.69, 9.17) is 23.2 Å². The quantitative estimate of drug-likeness (QED) is 0.224. The van der Waals surface area contributed by atoms with Crippen molar-refractivity contribution in [3.8, 4) is 0 Å². The van der Waals surface area contributed by atoms with E-state index in [0.29, 0.717) is 18.1 Å². The van der Waals surface area contributed by atoms with Gasteiger partial charge in [-0.2, -0.15) is 0 Å². The zero-order valence-corrected chi connectivity index (χ0v) is 23.5. The van der Waals surface area contributed by atoms with Crippen molar-refractivity contribution in [2.45, 2.75) is 30.0 Å². The smallest absolute Gasteiger partial charge is 0.321 e. The predicted octanol–water partition coefficient (Wildman–Crippen LogP) is 4.53. The molecular formula is C26H28Cl2NO6PS. The average Bonchev–Trinajstić information content (AvgIpc) is 2.82. The SMILES string of the molecule is CP(=O)(CCc1cc(Cl)c(C(O)N[C@@H](Cc2cccc(S(C)(=O)=O)c2)C(=O)O)c(Cl)c1)c1ccccc1. The summed E-state index contributed by atoms with van der Waals surface area (Å²) in [7, 11) is -6.06. The van der Waals surface area contributed by atoms with Crippen LogP contribution in [0.5, 0.6) is 0 Å². The molecule has 3 aromatic carbocycles. The fraction of sp³-hybridized carbons (Fsp3) is 0.269. The molecule has 11 heteroatoms. The molecule has 0 fully saturated rings. The van der Waals surface area contributed by atoms with E-state index >= 15 is 0 Å². The van der Waals surface area contributed by atoms with Gasteiger partial charge in [0.05, 0.1) is 4.90 Å². The molecule has 7 nitrogen and oxygen atoms in total. The number of aliphatic carboxylic acids is 1. The lowest BCUT2D eigenvalue weighted by Gasteiger charge is -2.22. The van der Waals surface area contributed by atoms with Gasteiger partial charge in [-0.1, -0.05) is 65.7 Å². The molecule has 0 aliphatic heterocycles. The number of carbonyl (C=O) groups is 1. The third-order valence-electron chi connectivity index (χ3n) is 5.97. The van der Waals surface area contributed by atoms with Crippen molar-refractivity contribution < 1.29 is 28.0 Å². The van der Waals surface area contributed by atoms with Gasteiger partial charge in [-0.3, -0.25) is 10.1 Å². The number of sulfone groups is 1. The summed E-state index contributed by atoms with van der Waals surface area (Å²) in [6.45, 7) is 1.73. The Labute approximate surface area is 226 Å². The van der Waals surface area contributed by atoms with Crippen LogP contribution in [0.25, 0.3) is 0 Å².